The van der Waals surface area contributed by atoms with Crippen molar-refractivity contribution in [2.45, 2.75) is 103 Å². The zero-order valence-electron chi connectivity index (χ0n) is 24.3. The van der Waals surface area contributed by atoms with E-state index in [-0.39, 0.29) is 11.9 Å². The van der Waals surface area contributed by atoms with Crippen LogP contribution in [-0.2, 0) is 20.7 Å². The Balaban J connectivity index is 0.00000118. The van der Waals surface area contributed by atoms with Crippen molar-refractivity contribution in [2.24, 2.45) is 23.7 Å². The first-order valence-electron chi connectivity index (χ1n) is 15.0. The Hall–Kier alpha value is -2.14. The van der Waals surface area contributed by atoms with Gasteiger partial charge in [-0.05, 0) is 93.2 Å². The first kappa shape index (κ1) is 32.1. The van der Waals surface area contributed by atoms with E-state index in [1.54, 1.807) is 14.2 Å². The molecule has 1 aromatic carbocycles. The predicted octanol–water partition coefficient (Wildman–Crippen LogP) is 8.13. The Morgan fingerprint density at radius 3 is 2.16 bits per heavy atom. The molecule has 2 saturated carbocycles. The van der Waals surface area contributed by atoms with Crippen molar-refractivity contribution in [3.63, 3.8) is 0 Å². The molecule has 0 heterocycles. The maximum atomic E-state index is 12.9. The fraction of sp³-hybridized carbons (Fsp3) is 0.697. The second-order valence-electron chi connectivity index (χ2n) is 11.1. The normalized spacial score (nSPS) is 23.0. The maximum absolute atomic E-state index is 12.9. The number of hydrogen-bond acceptors (Lipinski definition) is 5. The molecule has 214 valence electrons. The Labute approximate surface area is 231 Å². The summed E-state index contributed by atoms with van der Waals surface area (Å²) in [6, 6.07) is 5.88. The Morgan fingerprint density at radius 1 is 0.947 bits per heavy atom. The third-order valence-corrected chi connectivity index (χ3v) is 8.48. The molecule has 0 spiro atoms. The first-order chi connectivity index (χ1) is 18.6. The summed E-state index contributed by atoms with van der Waals surface area (Å²) in [5.41, 5.74) is 1.18. The number of carbonyl (C=O) groups excluding carboxylic acids is 2. The van der Waals surface area contributed by atoms with Crippen molar-refractivity contribution < 1.29 is 23.8 Å². The minimum Gasteiger partial charge on any atom is -0.496 e. The van der Waals surface area contributed by atoms with Crippen LogP contribution in [0.3, 0.4) is 0 Å². The highest BCUT2D eigenvalue weighted by atomic mass is 16.5. The number of methoxy groups -OCH3 is 2. The molecule has 0 saturated heterocycles. The van der Waals surface area contributed by atoms with E-state index in [0.717, 1.165) is 62.2 Å². The highest BCUT2D eigenvalue weighted by Gasteiger charge is 2.33. The molecule has 0 radical (unpaired) electrons. The van der Waals surface area contributed by atoms with Crippen LogP contribution in [0.4, 0.5) is 0 Å². The number of benzene rings is 1. The Bertz CT molecular complexity index is 798. The average Bonchev–Trinajstić information content (AvgIpc) is 2.96. The summed E-state index contributed by atoms with van der Waals surface area (Å²) in [7, 11) is 3.45. The molecule has 0 atom stereocenters. The molecule has 38 heavy (non-hydrogen) atoms. The lowest BCUT2D eigenvalue weighted by atomic mass is 9.69. The number of hydrogen-bond donors (Lipinski definition) is 0. The molecule has 2 fully saturated rings. The standard InChI is InChI=1S/C30H48O4.C3H4O/c1-4-9-23-11-13-24(14-12-23)25-15-17-27(18-16-25)30(31)34-28-20-19-26(29(22-28)33-3)10-7-5-6-8-21-32-2;1-2-3-4/h19-20,22-25,27H,4-18,21H2,1-3H3;2-3H,1H2. The molecule has 0 bridgehead atoms. The van der Waals surface area contributed by atoms with Crippen LogP contribution in [0.2, 0.25) is 0 Å². The van der Waals surface area contributed by atoms with Crippen molar-refractivity contribution in [1.29, 1.82) is 0 Å². The van der Waals surface area contributed by atoms with E-state index in [4.69, 9.17) is 19.0 Å². The van der Waals surface area contributed by atoms with E-state index < -0.39 is 0 Å². The lowest BCUT2D eigenvalue weighted by Gasteiger charge is -2.37. The average molecular weight is 529 g/mol. The summed E-state index contributed by atoms with van der Waals surface area (Å²) in [6.07, 6.45) is 20.2. The fourth-order valence-corrected chi connectivity index (χ4v) is 6.29. The Morgan fingerprint density at radius 2 is 1.58 bits per heavy atom. The van der Waals surface area contributed by atoms with Crippen molar-refractivity contribution in [3.05, 3.63) is 36.4 Å². The number of esters is 1. The molecule has 5 nitrogen and oxygen atoms in total. The van der Waals surface area contributed by atoms with Gasteiger partial charge in [0.15, 0.2) is 0 Å². The number of aldehydes is 1. The maximum Gasteiger partial charge on any atom is 0.314 e. The van der Waals surface area contributed by atoms with Gasteiger partial charge >= 0.3 is 5.97 Å². The van der Waals surface area contributed by atoms with Crippen molar-refractivity contribution >= 4 is 12.3 Å². The molecule has 0 N–H and O–H groups in total. The van der Waals surface area contributed by atoms with Gasteiger partial charge in [0.2, 0.25) is 0 Å². The van der Waals surface area contributed by atoms with Gasteiger partial charge in [0.1, 0.15) is 17.8 Å². The lowest BCUT2D eigenvalue weighted by molar-refractivity contribution is -0.140. The van der Waals surface area contributed by atoms with Gasteiger partial charge in [-0.3, -0.25) is 9.59 Å². The Kier molecular flexibility index (Phi) is 16.0. The number of allylic oxidation sites excluding steroid dienone is 1. The molecule has 0 aliphatic heterocycles. The quantitative estimate of drug-likeness (QED) is 0.0802. The predicted molar refractivity (Wildman–Crippen MR) is 155 cm³/mol. The van der Waals surface area contributed by atoms with Gasteiger partial charge in [-0.25, -0.2) is 0 Å². The van der Waals surface area contributed by atoms with Crippen molar-refractivity contribution in [1.82, 2.24) is 0 Å². The van der Waals surface area contributed by atoms with Crippen LogP contribution in [-0.4, -0.2) is 33.1 Å². The molecule has 0 amide bonds. The third kappa shape index (κ3) is 11.3. The smallest absolute Gasteiger partial charge is 0.314 e. The summed E-state index contributed by atoms with van der Waals surface area (Å²) < 4.78 is 16.5. The summed E-state index contributed by atoms with van der Waals surface area (Å²) in [5.74, 6) is 4.11. The number of ether oxygens (including phenoxy) is 3. The highest BCUT2D eigenvalue weighted by molar-refractivity contribution is 5.75. The van der Waals surface area contributed by atoms with Crippen LogP contribution >= 0.6 is 0 Å². The van der Waals surface area contributed by atoms with Gasteiger partial charge in [-0.1, -0.05) is 58.1 Å². The van der Waals surface area contributed by atoms with E-state index in [0.29, 0.717) is 12.0 Å². The molecular formula is C33H52O5. The van der Waals surface area contributed by atoms with Gasteiger partial charge < -0.3 is 14.2 Å². The van der Waals surface area contributed by atoms with Crippen LogP contribution < -0.4 is 9.47 Å². The van der Waals surface area contributed by atoms with Gasteiger partial charge in [0.05, 0.1) is 13.0 Å². The molecular weight excluding hydrogens is 476 g/mol. The number of carbonyl (C=O) groups is 2. The summed E-state index contributed by atoms with van der Waals surface area (Å²) >= 11 is 0. The minimum atomic E-state index is -0.0574. The van der Waals surface area contributed by atoms with Gasteiger partial charge in [0.25, 0.3) is 0 Å². The van der Waals surface area contributed by atoms with Gasteiger partial charge in [-0.2, -0.15) is 0 Å². The van der Waals surface area contributed by atoms with Crippen LogP contribution in [0.5, 0.6) is 11.5 Å². The zero-order valence-corrected chi connectivity index (χ0v) is 24.3. The van der Waals surface area contributed by atoms with E-state index >= 15 is 0 Å². The summed E-state index contributed by atoms with van der Waals surface area (Å²) in [6.45, 7) is 6.26. The van der Waals surface area contributed by atoms with E-state index in [9.17, 15) is 4.79 Å². The number of unbranched alkanes of at least 4 members (excludes halogenated alkanes) is 3. The van der Waals surface area contributed by atoms with Crippen LogP contribution in [0, 0.1) is 23.7 Å². The fourth-order valence-electron chi connectivity index (χ4n) is 6.29. The second-order valence-corrected chi connectivity index (χ2v) is 11.1. The molecule has 3 rings (SSSR count). The molecule has 2 aliphatic carbocycles. The monoisotopic (exact) mass is 528 g/mol. The topological polar surface area (TPSA) is 61.8 Å². The molecule has 0 aromatic heterocycles. The zero-order chi connectivity index (χ0) is 27.6. The van der Waals surface area contributed by atoms with Crippen molar-refractivity contribution in [2.75, 3.05) is 20.8 Å². The van der Waals surface area contributed by atoms with Crippen LogP contribution in [0.1, 0.15) is 102 Å². The molecule has 1 aromatic rings. The van der Waals surface area contributed by atoms with E-state index in [1.165, 1.54) is 75.8 Å². The first-order valence-corrected chi connectivity index (χ1v) is 15.0. The second kappa shape index (κ2) is 19.0. The molecule has 0 unspecified atom stereocenters. The van der Waals surface area contributed by atoms with Crippen molar-refractivity contribution in [3.8, 4) is 11.5 Å². The third-order valence-electron chi connectivity index (χ3n) is 8.48. The molecule has 2 aliphatic rings. The summed E-state index contributed by atoms with van der Waals surface area (Å²) in [4.78, 5) is 21.9. The van der Waals surface area contributed by atoms with E-state index in [1.807, 2.05) is 12.1 Å². The minimum absolute atomic E-state index is 0.0467. The SMILES string of the molecule is C=CC=O.CCCC1CCC(C2CCC(C(=O)Oc3ccc(CCCCCCOC)c(OC)c3)CC2)CC1. The number of rotatable bonds is 14. The lowest BCUT2D eigenvalue weighted by Crippen LogP contribution is -2.30. The van der Waals surface area contributed by atoms with Gasteiger partial charge in [0, 0.05) is 19.8 Å². The molecule has 5 heteroatoms. The van der Waals surface area contributed by atoms with Crippen LogP contribution in [0.25, 0.3) is 0 Å². The number of aryl methyl sites for hydroxylation is 1. The highest BCUT2D eigenvalue weighted by Crippen LogP contribution is 2.42. The summed E-state index contributed by atoms with van der Waals surface area (Å²) in [5, 5.41) is 0. The van der Waals surface area contributed by atoms with E-state index in [2.05, 4.69) is 19.6 Å². The van der Waals surface area contributed by atoms with Crippen LogP contribution in [0.15, 0.2) is 30.9 Å². The largest absolute Gasteiger partial charge is 0.496 e. The van der Waals surface area contributed by atoms with Gasteiger partial charge in [-0.15, -0.1) is 0 Å².